The highest BCUT2D eigenvalue weighted by Crippen LogP contribution is 2.28. The quantitative estimate of drug-likeness (QED) is 0.446. The molecule has 0 aliphatic heterocycles. The SMILES string of the molecule is Cc1ccc(-c2nnc(SCC(=O)NCc3ccco3)n2-c2ccccc2)cc1C. The molecule has 4 aromatic rings. The van der Waals surface area contributed by atoms with E-state index >= 15 is 0 Å². The molecule has 2 aromatic heterocycles. The Morgan fingerprint density at radius 1 is 1.03 bits per heavy atom. The summed E-state index contributed by atoms with van der Waals surface area (Å²) in [5.74, 6) is 1.62. The topological polar surface area (TPSA) is 73.0 Å². The minimum atomic E-state index is -0.0910. The van der Waals surface area contributed by atoms with Crippen LogP contribution in [-0.2, 0) is 11.3 Å². The van der Waals surface area contributed by atoms with Crippen LogP contribution in [0.2, 0.25) is 0 Å². The molecule has 0 aliphatic carbocycles. The fourth-order valence-electron chi connectivity index (χ4n) is 3.02. The van der Waals surface area contributed by atoms with Crippen molar-refractivity contribution in [2.75, 3.05) is 5.75 Å². The van der Waals surface area contributed by atoms with Crippen molar-refractivity contribution in [2.45, 2.75) is 25.5 Å². The van der Waals surface area contributed by atoms with Crippen molar-refractivity contribution >= 4 is 17.7 Å². The van der Waals surface area contributed by atoms with Gasteiger partial charge in [0.15, 0.2) is 11.0 Å². The van der Waals surface area contributed by atoms with Gasteiger partial charge < -0.3 is 9.73 Å². The first kappa shape index (κ1) is 20.0. The third-order valence-corrected chi connectivity index (χ3v) is 5.71. The Balaban J connectivity index is 1.57. The van der Waals surface area contributed by atoms with Crippen molar-refractivity contribution in [1.82, 2.24) is 20.1 Å². The zero-order chi connectivity index (χ0) is 20.9. The van der Waals surface area contributed by atoms with Gasteiger partial charge in [-0.25, -0.2) is 0 Å². The summed E-state index contributed by atoms with van der Waals surface area (Å²) in [6.07, 6.45) is 1.59. The molecule has 0 bridgehead atoms. The fourth-order valence-corrected chi connectivity index (χ4v) is 3.80. The van der Waals surface area contributed by atoms with Gasteiger partial charge in [-0.05, 0) is 55.3 Å². The molecule has 0 saturated heterocycles. The maximum absolute atomic E-state index is 12.3. The number of furan rings is 1. The van der Waals surface area contributed by atoms with Crippen molar-refractivity contribution in [3.8, 4) is 17.1 Å². The number of hydrogen-bond donors (Lipinski definition) is 1. The Morgan fingerprint density at radius 3 is 2.60 bits per heavy atom. The zero-order valence-electron chi connectivity index (χ0n) is 16.8. The first-order valence-corrected chi connectivity index (χ1v) is 10.6. The molecule has 0 spiro atoms. The molecule has 0 fully saturated rings. The maximum Gasteiger partial charge on any atom is 0.230 e. The highest BCUT2D eigenvalue weighted by molar-refractivity contribution is 7.99. The molecule has 4 rings (SSSR count). The van der Waals surface area contributed by atoms with Crippen LogP contribution in [0, 0.1) is 13.8 Å². The van der Waals surface area contributed by atoms with Gasteiger partial charge in [-0.15, -0.1) is 10.2 Å². The van der Waals surface area contributed by atoms with Gasteiger partial charge in [0.25, 0.3) is 0 Å². The summed E-state index contributed by atoms with van der Waals surface area (Å²) >= 11 is 1.36. The summed E-state index contributed by atoms with van der Waals surface area (Å²) < 4.78 is 7.24. The monoisotopic (exact) mass is 418 g/mol. The van der Waals surface area contributed by atoms with Crippen LogP contribution in [0.5, 0.6) is 0 Å². The predicted octanol–water partition coefficient (Wildman–Crippen LogP) is 4.55. The molecular weight excluding hydrogens is 396 g/mol. The molecule has 0 unspecified atom stereocenters. The molecule has 30 heavy (non-hydrogen) atoms. The van der Waals surface area contributed by atoms with Gasteiger partial charge in [0, 0.05) is 11.3 Å². The van der Waals surface area contributed by atoms with E-state index in [0.29, 0.717) is 11.7 Å². The minimum absolute atomic E-state index is 0.0910. The molecular formula is C23H22N4O2S. The van der Waals surface area contributed by atoms with Crippen LogP contribution < -0.4 is 5.32 Å². The number of nitrogens with one attached hydrogen (secondary N) is 1. The van der Waals surface area contributed by atoms with E-state index in [4.69, 9.17) is 4.42 Å². The summed E-state index contributed by atoms with van der Waals surface area (Å²) in [5, 5.41) is 12.3. The third kappa shape index (κ3) is 4.46. The van der Waals surface area contributed by atoms with Crippen molar-refractivity contribution in [1.29, 1.82) is 0 Å². The lowest BCUT2D eigenvalue weighted by Crippen LogP contribution is -2.24. The number of carbonyl (C=O) groups is 1. The van der Waals surface area contributed by atoms with E-state index in [0.717, 1.165) is 22.8 Å². The van der Waals surface area contributed by atoms with Crippen LogP contribution in [0.25, 0.3) is 17.1 Å². The van der Waals surface area contributed by atoms with Crippen molar-refractivity contribution in [3.63, 3.8) is 0 Å². The molecule has 2 heterocycles. The summed E-state index contributed by atoms with van der Waals surface area (Å²) in [7, 11) is 0. The number of aromatic nitrogens is 3. The second kappa shape index (κ2) is 9.00. The van der Waals surface area contributed by atoms with Crippen LogP contribution in [0.1, 0.15) is 16.9 Å². The van der Waals surface area contributed by atoms with Gasteiger partial charge in [0.05, 0.1) is 18.6 Å². The van der Waals surface area contributed by atoms with Crippen molar-refractivity contribution < 1.29 is 9.21 Å². The largest absolute Gasteiger partial charge is 0.467 e. The van der Waals surface area contributed by atoms with Gasteiger partial charge in [0.1, 0.15) is 5.76 Å². The Labute approximate surface area is 179 Å². The average molecular weight is 419 g/mol. The molecule has 0 radical (unpaired) electrons. The average Bonchev–Trinajstić information content (AvgIpc) is 3.43. The van der Waals surface area contributed by atoms with Gasteiger partial charge in [-0.2, -0.15) is 0 Å². The number of amides is 1. The Kier molecular flexibility index (Phi) is 5.99. The predicted molar refractivity (Wildman–Crippen MR) is 118 cm³/mol. The first-order valence-electron chi connectivity index (χ1n) is 9.62. The van der Waals surface area contributed by atoms with E-state index in [1.807, 2.05) is 41.0 Å². The van der Waals surface area contributed by atoms with E-state index in [1.54, 1.807) is 12.3 Å². The van der Waals surface area contributed by atoms with Crippen LogP contribution >= 0.6 is 11.8 Å². The molecule has 2 aromatic carbocycles. The van der Waals surface area contributed by atoms with Crippen LogP contribution in [0.15, 0.2) is 76.5 Å². The summed E-state index contributed by atoms with van der Waals surface area (Å²) in [6.45, 7) is 4.54. The number of nitrogens with zero attached hydrogens (tertiary/aromatic N) is 3. The Bertz CT molecular complexity index is 1140. The number of aryl methyl sites for hydroxylation is 2. The zero-order valence-corrected chi connectivity index (χ0v) is 17.6. The number of hydrogen-bond acceptors (Lipinski definition) is 5. The summed E-state index contributed by atoms with van der Waals surface area (Å²) in [5.41, 5.74) is 4.37. The lowest BCUT2D eigenvalue weighted by molar-refractivity contribution is -0.118. The van der Waals surface area contributed by atoms with Gasteiger partial charge in [-0.3, -0.25) is 9.36 Å². The molecule has 1 N–H and O–H groups in total. The number of benzene rings is 2. The van der Waals surface area contributed by atoms with Gasteiger partial charge in [-0.1, -0.05) is 42.1 Å². The van der Waals surface area contributed by atoms with E-state index < -0.39 is 0 Å². The van der Waals surface area contributed by atoms with E-state index in [-0.39, 0.29) is 11.7 Å². The molecule has 0 saturated carbocycles. The third-order valence-electron chi connectivity index (χ3n) is 4.79. The minimum Gasteiger partial charge on any atom is -0.467 e. The molecule has 152 valence electrons. The Morgan fingerprint density at radius 2 is 1.87 bits per heavy atom. The van der Waals surface area contributed by atoms with Gasteiger partial charge >= 0.3 is 0 Å². The number of para-hydroxylation sites is 1. The Hall–Kier alpha value is -3.32. The normalized spacial score (nSPS) is 10.9. The molecule has 1 amide bonds. The van der Waals surface area contributed by atoms with E-state index in [9.17, 15) is 4.79 Å². The molecule has 7 heteroatoms. The first-order chi connectivity index (χ1) is 14.6. The van der Waals surface area contributed by atoms with Crippen molar-refractivity contribution in [3.05, 3.63) is 83.8 Å². The smallest absolute Gasteiger partial charge is 0.230 e. The van der Waals surface area contributed by atoms with E-state index in [2.05, 4.69) is 47.6 Å². The molecule has 6 nitrogen and oxygen atoms in total. The molecule has 0 aliphatic rings. The number of thioether (sulfide) groups is 1. The lowest BCUT2D eigenvalue weighted by Gasteiger charge is -2.11. The van der Waals surface area contributed by atoms with E-state index in [1.165, 1.54) is 22.9 Å². The standard InChI is InChI=1S/C23H22N4O2S/c1-16-10-11-18(13-17(16)2)22-25-26-23(27(22)19-7-4-3-5-8-19)30-15-21(28)24-14-20-9-6-12-29-20/h3-13H,14-15H2,1-2H3,(H,24,28). The highest BCUT2D eigenvalue weighted by Gasteiger charge is 2.17. The maximum atomic E-state index is 12.3. The fraction of sp³-hybridized carbons (Fsp3) is 0.174. The van der Waals surface area contributed by atoms with Crippen LogP contribution in [0.4, 0.5) is 0 Å². The van der Waals surface area contributed by atoms with Gasteiger partial charge in [0.2, 0.25) is 5.91 Å². The van der Waals surface area contributed by atoms with Crippen molar-refractivity contribution in [2.24, 2.45) is 0 Å². The molecule has 0 atom stereocenters. The summed E-state index contributed by atoms with van der Waals surface area (Å²) in [4.78, 5) is 12.3. The van der Waals surface area contributed by atoms with Crippen LogP contribution in [-0.4, -0.2) is 26.4 Å². The number of rotatable bonds is 7. The summed E-state index contributed by atoms with van der Waals surface area (Å²) in [6, 6.07) is 19.8. The van der Waals surface area contributed by atoms with Crippen LogP contribution in [0.3, 0.4) is 0 Å². The number of carbonyl (C=O) groups excluding carboxylic acids is 1. The second-order valence-corrected chi connectivity index (χ2v) is 7.86. The second-order valence-electron chi connectivity index (χ2n) is 6.92. The lowest BCUT2D eigenvalue weighted by atomic mass is 10.1. The highest BCUT2D eigenvalue weighted by atomic mass is 32.2.